The Hall–Kier alpha value is -1.36. The fraction of sp³-hybridized carbons (Fsp3) is 0.692. The smallest absolute Gasteiger partial charge is 0.134 e. The van der Waals surface area contributed by atoms with Gasteiger partial charge in [-0.25, -0.2) is 9.97 Å². The van der Waals surface area contributed by atoms with Gasteiger partial charge in [0.05, 0.1) is 11.6 Å². The molecule has 0 radical (unpaired) electrons. The molecule has 2 rings (SSSR count). The molecule has 2 N–H and O–H groups in total. The normalized spacial score (nSPS) is 27.2. The first-order valence-corrected chi connectivity index (χ1v) is 6.52. The molecule has 18 heavy (non-hydrogen) atoms. The van der Waals surface area contributed by atoms with Gasteiger partial charge in [-0.3, -0.25) is 0 Å². The fourth-order valence-corrected chi connectivity index (χ4v) is 2.19. The largest absolute Gasteiger partial charge is 0.376 e. The summed E-state index contributed by atoms with van der Waals surface area (Å²) in [6, 6.07) is 0. The van der Waals surface area contributed by atoms with Gasteiger partial charge in [-0.1, -0.05) is 0 Å². The lowest BCUT2D eigenvalue weighted by Crippen LogP contribution is -2.41. The number of hydrogen-bond acceptors (Lipinski definition) is 5. The number of anilines is 2. The molecule has 0 spiro atoms. The van der Waals surface area contributed by atoms with E-state index in [1.54, 1.807) is 6.33 Å². The van der Waals surface area contributed by atoms with Gasteiger partial charge in [0.25, 0.3) is 0 Å². The highest BCUT2D eigenvalue weighted by Gasteiger charge is 2.37. The van der Waals surface area contributed by atoms with Crippen molar-refractivity contribution in [1.82, 2.24) is 9.97 Å². The Labute approximate surface area is 108 Å². The fourth-order valence-electron chi connectivity index (χ4n) is 2.19. The van der Waals surface area contributed by atoms with Crippen molar-refractivity contribution in [3.8, 4) is 0 Å². The summed E-state index contributed by atoms with van der Waals surface area (Å²) in [5.41, 5.74) is 1.00. The third kappa shape index (κ3) is 2.41. The van der Waals surface area contributed by atoms with E-state index in [4.69, 9.17) is 4.74 Å². The Morgan fingerprint density at radius 3 is 2.78 bits per heavy atom. The van der Waals surface area contributed by atoms with Crippen molar-refractivity contribution in [2.24, 2.45) is 0 Å². The molecule has 1 aromatic rings. The molecule has 0 amide bonds. The summed E-state index contributed by atoms with van der Waals surface area (Å²) in [5, 5.41) is 6.76. The third-order valence-electron chi connectivity index (χ3n) is 3.72. The lowest BCUT2D eigenvalue weighted by atomic mass is 9.94. The van der Waals surface area contributed by atoms with E-state index in [-0.39, 0.29) is 11.6 Å². The number of hydrogen-bond donors (Lipinski definition) is 2. The summed E-state index contributed by atoms with van der Waals surface area (Å²) in [6.07, 6.45) is 2.78. The number of aromatic nitrogens is 2. The van der Waals surface area contributed by atoms with Crippen LogP contribution in [-0.2, 0) is 4.74 Å². The maximum absolute atomic E-state index is 5.64. The van der Waals surface area contributed by atoms with Crippen LogP contribution in [0.2, 0.25) is 0 Å². The number of rotatable bonds is 4. The molecule has 2 unspecified atom stereocenters. The minimum absolute atomic E-state index is 0.0530. The zero-order valence-electron chi connectivity index (χ0n) is 11.6. The van der Waals surface area contributed by atoms with Crippen LogP contribution < -0.4 is 10.6 Å². The van der Waals surface area contributed by atoms with Crippen LogP contribution in [0, 0.1) is 6.92 Å². The van der Waals surface area contributed by atoms with Crippen molar-refractivity contribution < 1.29 is 4.74 Å². The maximum atomic E-state index is 5.64. The van der Waals surface area contributed by atoms with Gasteiger partial charge in [0.15, 0.2) is 0 Å². The predicted molar refractivity (Wildman–Crippen MR) is 73.0 cm³/mol. The molecule has 1 fully saturated rings. The van der Waals surface area contributed by atoms with E-state index < -0.39 is 0 Å². The zero-order valence-corrected chi connectivity index (χ0v) is 11.6. The van der Waals surface area contributed by atoms with E-state index >= 15 is 0 Å². The van der Waals surface area contributed by atoms with E-state index in [1.165, 1.54) is 0 Å². The van der Waals surface area contributed by atoms with Crippen molar-refractivity contribution in [3.05, 3.63) is 11.9 Å². The van der Waals surface area contributed by atoms with Gasteiger partial charge in [0, 0.05) is 18.7 Å². The summed E-state index contributed by atoms with van der Waals surface area (Å²) >= 11 is 0. The molecule has 0 bridgehead atoms. The van der Waals surface area contributed by atoms with Gasteiger partial charge in [0.2, 0.25) is 0 Å². The first-order valence-electron chi connectivity index (χ1n) is 6.52. The van der Waals surface area contributed by atoms with Crippen LogP contribution in [0.1, 0.15) is 32.8 Å². The summed E-state index contributed by atoms with van der Waals surface area (Å²) in [6.45, 7) is 10.0. The molecule has 2 atom stereocenters. The van der Waals surface area contributed by atoms with Gasteiger partial charge in [-0.15, -0.1) is 0 Å². The topological polar surface area (TPSA) is 59.1 Å². The molecule has 1 aliphatic rings. The third-order valence-corrected chi connectivity index (χ3v) is 3.72. The molecule has 100 valence electrons. The van der Waals surface area contributed by atoms with E-state index in [0.717, 1.165) is 36.8 Å². The quantitative estimate of drug-likeness (QED) is 0.858. The van der Waals surface area contributed by atoms with Crippen LogP contribution in [0.25, 0.3) is 0 Å². The average molecular weight is 250 g/mol. The molecule has 0 aliphatic carbocycles. The molecule has 0 aromatic carbocycles. The van der Waals surface area contributed by atoms with Crippen LogP contribution in [0.3, 0.4) is 0 Å². The Bertz CT molecular complexity index is 423. The van der Waals surface area contributed by atoms with Crippen LogP contribution in [0.4, 0.5) is 11.6 Å². The van der Waals surface area contributed by atoms with Gasteiger partial charge in [-0.2, -0.15) is 0 Å². The Balaban J connectivity index is 2.21. The maximum Gasteiger partial charge on any atom is 0.134 e. The lowest BCUT2D eigenvalue weighted by Gasteiger charge is -2.30. The second-order valence-corrected chi connectivity index (χ2v) is 5.03. The summed E-state index contributed by atoms with van der Waals surface area (Å²) in [5.74, 6) is 1.78. The lowest BCUT2D eigenvalue weighted by molar-refractivity contribution is 0.105. The SMILES string of the molecule is CCNc1ncnc(NC2(C)CCOC2C)c1C. The zero-order chi connectivity index (χ0) is 13.2. The standard InChI is InChI=1S/C13H22N4O/c1-5-14-11-9(2)12(16-8-15-11)17-13(4)6-7-18-10(13)3/h8,10H,5-7H2,1-4H3,(H2,14,15,16,17). The minimum Gasteiger partial charge on any atom is -0.376 e. The second kappa shape index (κ2) is 5.10. The van der Waals surface area contributed by atoms with E-state index in [0.29, 0.717) is 0 Å². The summed E-state index contributed by atoms with van der Waals surface area (Å²) in [7, 11) is 0. The summed E-state index contributed by atoms with van der Waals surface area (Å²) < 4.78 is 5.64. The average Bonchev–Trinajstić information content (AvgIpc) is 2.65. The van der Waals surface area contributed by atoms with Crippen LogP contribution in [0.15, 0.2) is 6.33 Å². The van der Waals surface area contributed by atoms with Gasteiger partial charge < -0.3 is 15.4 Å². The predicted octanol–water partition coefficient (Wildman–Crippen LogP) is 2.20. The van der Waals surface area contributed by atoms with Crippen molar-refractivity contribution in [3.63, 3.8) is 0 Å². The molecule has 1 aromatic heterocycles. The molecule has 2 heterocycles. The van der Waals surface area contributed by atoms with Gasteiger partial charge >= 0.3 is 0 Å². The number of nitrogens with zero attached hydrogens (tertiary/aromatic N) is 2. The highest BCUT2D eigenvalue weighted by Crippen LogP contribution is 2.30. The molecule has 1 saturated heterocycles. The van der Waals surface area contributed by atoms with Crippen LogP contribution in [-0.4, -0.2) is 34.8 Å². The second-order valence-electron chi connectivity index (χ2n) is 5.03. The van der Waals surface area contributed by atoms with E-state index in [2.05, 4.69) is 41.4 Å². The number of nitrogens with one attached hydrogen (secondary N) is 2. The Morgan fingerprint density at radius 2 is 2.17 bits per heavy atom. The van der Waals surface area contributed by atoms with Gasteiger partial charge in [0.1, 0.15) is 18.0 Å². The Morgan fingerprint density at radius 1 is 1.44 bits per heavy atom. The molecule has 0 saturated carbocycles. The van der Waals surface area contributed by atoms with Crippen LogP contribution >= 0.6 is 0 Å². The van der Waals surface area contributed by atoms with Crippen LogP contribution in [0.5, 0.6) is 0 Å². The molecule has 5 heteroatoms. The van der Waals surface area contributed by atoms with Crippen molar-refractivity contribution in [1.29, 1.82) is 0 Å². The molecule has 1 aliphatic heterocycles. The summed E-state index contributed by atoms with van der Waals surface area (Å²) in [4.78, 5) is 8.60. The van der Waals surface area contributed by atoms with E-state index in [1.807, 2.05) is 6.92 Å². The molecule has 5 nitrogen and oxygen atoms in total. The molecular weight excluding hydrogens is 228 g/mol. The van der Waals surface area contributed by atoms with E-state index in [9.17, 15) is 0 Å². The Kier molecular flexibility index (Phi) is 3.71. The van der Waals surface area contributed by atoms with Gasteiger partial charge in [-0.05, 0) is 34.1 Å². The monoisotopic (exact) mass is 250 g/mol. The first-order chi connectivity index (χ1) is 8.57. The number of ether oxygens (including phenoxy) is 1. The minimum atomic E-state index is -0.0530. The van der Waals surface area contributed by atoms with Crippen molar-refractivity contribution >= 4 is 11.6 Å². The molecular formula is C13H22N4O. The van der Waals surface area contributed by atoms with Crippen molar-refractivity contribution in [2.75, 3.05) is 23.8 Å². The highest BCUT2D eigenvalue weighted by atomic mass is 16.5. The van der Waals surface area contributed by atoms with Crippen molar-refractivity contribution in [2.45, 2.75) is 45.8 Å². The first kappa shape index (κ1) is 13.1. The highest BCUT2D eigenvalue weighted by molar-refractivity contribution is 5.57.